The summed E-state index contributed by atoms with van der Waals surface area (Å²) >= 11 is 0. The fourth-order valence-electron chi connectivity index (χ4n) is 3.43. The van der Waals surface area contributed by atoms with Gasteiger partial charge in [-0.25, -0.2) is 0 Å². The molecule has 1 unspecified atom stereocenters. The number of aryl methyl sites for hydroxylation is 1. The van der Waals surface area contributed by atoms with Crippen molar-refractivity contribution in [2.45, 2.75) is 44.8 Å². The van der Waals surface area contributed by atoms with Gasteiger partial charge in [0.25, 0.3) is 12.0 Å². The highest BCUT2D eigenvalue weighted by Gasteiger charge is 2.21. The number of rotatable bonds is 6. The summed E-state index contributed by atoms with van der Waals surface area (Å²) in [5.74, 6) is -0.531. The SMILES string of the molecule is CN[C@@H](C)C(=O)Nc1cccn(CC(=O)NC2CCCc3ccccc32)c1=O.O=CO. The maximum atomic E-state index is 12.6. The Morgan fingerprint density at radius 1 is 1.26 bits per heavy atom. The molecule has 1 aliphatic carbocycles. The summed E-state index contributed by atoms with van der Waals surface area (Å²) in [6.45, 7) is 1.36. The third kappa shape index (κ3) is 6.51. The molecular weight excluding hydrogens is 400 g/mol. The van der Waals surface area contributed by atoms with Crippen LogP contribution in [0.15, 0.2) is 47.4 Å². The number of hydrogen-bond donors (Lipinski definition) is 4. The Kier molecular flexibility index (Phi) is 8.95. The minimum Gasteiger partial charge on any atom is -0.483 e. The Bertz CT molecular complexity index is 972. The van der Waals surface area contributed by atoms with Crippen LogP contribution < -0.4 is 21.5 Å². The fourth-order valence-corrected chi connectivity index (χ4v) is 3.43. The van der Waals surface area contributed by atoms with Gasteiger partial charge in [-0.3, -0.25) is 19.2 Å². The number of benzene rings is 1. The van der Waals surface area contributed by atoms with Gasteiger partial charge >= 0.3 is 0 Å². The first-order valence-electron chi connectivity index (χ1n) is 10.0. The zero-order chi connectivity index (χ0) is 22.8. The average molecular weight is 428 g/mol. The highest BCUT2D eigenvalue weighted by molar-refractivity contribution is 5.94. The molecule has 0 saturated carbocycles. The number of likely N-dealkylation sites (N-methyl/N-ethyl adjacent to an activating group) is 1. The van der Waals surface area contributed by atoms with Crippen molar-refractivity contribution in [3.8, 4) is 0 Å². The second-order valence-electron chi connectivity index (χ2n) is 7.17. The molecular formula is C22H28N4O5. The molecule has 9 heteroatoms. The lowest BCUT2D eigenvalue weighted by Gasteiger charge is -2.26. The predicted molar refractivity (Wildman–Crippen MR) is 117 cm³/mol. The van der Waals surface area contributed by atoms with Crippen LogP contribution in [-0.2, 0) is 27.3 Å². The van der Waals surface area contributed by atoms with E-state index in [4.69, 9.17) is 9.90 Å². The molecule has 2 aromatic rings. The van der Waals surface area contributed by atoms with Crippen molar-refractivity contribution in [1.29, 1.82) is 0 Å². The van der Waals surface area contributed by atoms with Crippen LogP contribution in [0.1, 0.15) is 36.9 Å². The largest absolute Gasteiger partial charge is 0.483 e. The van der Waals surface area contributed by atoms with Crippen molar-refractivity contribution >= 4 is 24.0 Å². The summed E-state index contributed by atoms with van der Waals surface area (Å²) in [7, 11) is 1.67. The Balaban J connectivity index is 0.00000107. The minimum absolute atomic E-state index is 0.0347. The van der Waals surface area contributed by atoms with Crippen LogP contribution >= 0.6 is 0 Å². The van der Waals surface area contributed by atoms with Gasteiger partial charge in [0.1, 0.15) is 12.2 Å². The summed E-state index contributed by atoms with van der Waals surface area (Å²) in [6, 6.07) is 10.8. The molecule has 1 heterocycles. The number of pyridine rings is 1. The molecule has 0 spiro atoms. The van der Waals surface area contributed by atoms with E-state index in [2.05, 4.69) is 22.0 Å². The zero-order valence-electron chi connectivity index (χ0n) is 17.6. The van der Waals surface area contributed by atoms with E-state index in [-0.39, 0.29) is 36.6 Å². The van der Waals surface area contributed by atoms with Crippen molar-refractivity contribution in [3.05, 3.63) is 64.1 Å². The Morgan fingerprint density at radius 3 is 2.68 bits per heavy atom. The van der Waals surface area contributed by atoms with Gasteiger partial charge in [0.2, 0.25) is 11.8 Å². The Hall–Kier alpha value is -3.46. The van der Waals surface area contributed by atoms with Crippen molar-refractivity contribution < 1.29 is 19.5 Å². The number of nitrogens with zero attached hydrogens (tertiary/aromatic N) is 1. The molecule has 9 nitrogen and oxygen atoms in total. The van der Waals surface area contributed by atoms with Crippen LogP contribution in [0.25, 0.3) is 0 Å². The molecule has 0 bridgehead atoms. The number of aromatic nitrogens is 1. The van der Waals surface area contributed by atoms with E-state index in [0.717, 1.165) is 24.8 Å². The van der Waals surface area contributed by atoms with Gasteiger partial charge in [0.15, 0.2) is 0 Å². The van der Waals surface area contributed by atoms with E-state index in [9.17, 15) is 14.4 Å². The molecule has 3 rings (SSSR count). The number of fused-ring (bicyclic) bond motifs is 1. The number of carbonyl (C=O) groups excluding carboxylic acids is 2. The highest BCUT2D eigenvalue weighted by atomic mass is 16.3. The first-order chi connectivity index (χ1) is 14.9. The third-order valence-corrected chi connectivity index (χ3v) is 5.12. The standard InChI is InChI=1S/C21H26N4O3.CH2O2/c1-14(22-2)20(27)24-18-11-6-12-25(21(18)28)13-19(26)23-17-10-5-8-15-7-3-4-9-16(15)17;2-1-3/h3-4,6-7,9,11-12,14,17,22H,5,8,10,13H2,1-2H3,(H,23,26)(H,24,27);1H,(H,2,3)/t14-,17?;/m0./s1. The smallest absolute Gasteiger partial charge is 0.290 e. The fraction of sp³-hybridized carbons (Fsp3) is 0.364. The molecule has 31 heavy (non-hydrogen) atoms. The lowest BCUT2D eigenvalue weighted by Crippen LogP contribution is -2.39. The number of hydrogen-bond acceptors (Lipinski definition) is 5. The number of nitrogens with one attached hydrogen (secondary N) is 3. The van der Waals surface area contributed by atoms with Gasteiger partial charge in [-0.2, -0.15) is 0 Å². The van der Waals surface area contributed by atoms with Gasteiger partial charge in [0, 0.05) is 6.20 Å². The lowest BCUT2D eigenvalue weighted by molar-refractivity contribution is -0.123. The molecule has 0 fully saturated rings. The van der Waals surface area contributed by atoms with E-state index in [1.54, 1.807) is 26.2 Å². The molecule has 2 amide bonds. The summed E-state index contributed by atoms with van der Waals surface area (Å²) < 4.78 is 1.31. The molecule has 1 aromatic carbocycles. The number of amides is 2. The van der Waals surface area contributed by atoms with Crippen LogP contribution in [0, 0.1) is 0 Å². The molecule has 166 valence electrons. The van der Waals surface area contributed by atoms with Crippen LogP contribution in [0.4, 0.5) is 5.69 Å². The zero-order valence-corrected chi connectivity index (χ0v) is 17.6. The van der Waals surface area contributed by atoms with Gasteiger partial charge in [-0.15, -0.1) is 0 Å². The molecule has 0 aliphatic heterocycles. The second-order valence-corrected chi connectivity index (χ2v) is 7.17. The third-order valence-electron chi connectivity index (χ3n) is 5.12. The van der Waals surface area contributed by atoms with E-state index >= 15 is 0 Å². The van der Waals surface area contributed by atoms with Crippen LogP contribution in [-0.4, -0.2) is 41.0 Å². The van der Waals surface area contributed by atoms with E-state index in [1.807, 2.05) is 18.2 Å². The molecule has 1 aromatic heterocycles. The van der Waals surface area contributed by atoms with Crippen LogP contribution in [0.3, 0.4) is 0 Å². The van der Waals surface area contributed by atoms with E-state index in [0.29, 0.717) is 0 Å². The van der Waals surface area contributed by atoms with Crippen molar-refractivity contribution in [1.82, 2.24) is 15.2 Å². The summed E-state index contributed by atoms with van der Waals surface area (Å²) in [5.41, 5.74) is 2.17. The van der Waals surface area contributed by atoms with Gasteiger partial charge in [-0.1, -0.05) is 24.3 Å². The Labute approximate surface area is 180 Å². The molecule has 2 atom stereocenters. The monoisotopic (exact) mass is 428 g/mol. The molecule has 0 radical (unpaired) electrons. The number of carboxylic acid groups (broad SMARTS) is 1. The highest BCUT2D eigenvalue weighted by Crippen LogP contribution is 2.29. The van der Waals surface area contributed by atoms with Gasteiger partial charge in [-0.05, 0) is 56.5 Å². The summed E-state index contributed by atoms with van der Waals surface area (Å²) in [5, 5.41) is 15.4. The van der Waals surface area contributed by atoms with Gasteiger partial charge in [0.05, 0.1) is 12.1 Å². The number of carbonyl (C=O) groups is 3. The van der Waals surface area contributed by atoms with E-state index in [1.165, 1.54) is 16.2 Å². The normalized spacial score (nSPS) is 15.5. The summed E-state index contributed by atoms with van der Waals surface area (Å²) in [4.78, 5) is 45.5. The minimum atomic E-state index is -0.428. The molecule has 1 aliphatic rings. The topological polar surface area (TPSA) is 130 Å². The maximum Gasteiger partial charge on any atom is 0.290 e. The van der Waals surface area contributed by atoms with E-state index < -0.39 is 11.6 Å². The lowest BCUT2D eigenvalue weighted by atomic mass is 9.88. The average Bonchev–Trinajstić information content (AvgIpc) is 2.76. The second kappa shape index (κ2) is 11.7. The quantitative estimate of drug-likeness (QED) is 0.513. The Morgan fingerprint density at radius 2 is 1.97 bits per heavy atom. The first-order valence-corrected chi connectivity index (χ1v) is 10.0. The maximum absolute atomic E-state index is 12.6. The van der Waals surface area contributed by atoms with Crippen molar-refractivity contribution in [2.75, 3.05) is 12.4 Å². The van der Waals surface area contributed by atoms with Crippen molar-refractivity contribution in [2.24, 2.45) is 0 Å². The predicted octanol–water partition coefficient (Wildman–Crippen LogP) is 1.29. The van der Waals surface area contributed by atoms with Crippen LogP contribution in [0.2, 0.25) is 0 Å². The first kappa shape index (κ1) is 23.8. The number of anilines is 1. The van der Waals surface area contributed by atoms with Crippen molar-refractivity contribution in [3.63, 3.8) is 0 Å². The molecule has 0 saturated heterocycles. The van der Waals surface area contributed by atoms with Gasteiger partial charge < -0.3 is 25.6 Å². The van der Waals surface area contributed by atoms with Crippen LogP contribution in [0.5, 0.6) is 0 Å². The summed E-state index contributed by atoms with van der Waals surface area (Å²) in [6.07, 6.45) is 4.48. The molecule has 4 N–H and O–H groups in total.